The van der Waals surface area contributed by atoms with Crippen LogP contribution in [0.4, 0.5) is 11.4 Å². The number of hydrogen-bond acceptors (Lipinski definition) is 4. The van der Waals surface area contributed by atoms with Crippen LogP contribution in [-0.4, -0.2) is 16.9 Å². The fraction of sp³-hybridized carbons (Fsp3) is 0.133. The largest absolute Gasteiger partial charge is 0.480 e. The van der Waals surface area contributed by atoms with E-state index in [1.165, 1.54) is 24.3 Å². The lowest BCUT2D eigenvalue weighted by molar-refractivity contribution is -0.384. The number of halogens is 1. The number of non-ortho nitro benzene ring substituents is 1. The Morgan fingerprint density at radius 1 is 1.27 bits per heavy atom. The molecule has 1 amide bonds. The number of carbonyl (C=O) groups excluding carboxylic acids is 1. The SMILES string of the molecule is O=C(Nc1ccc([N+](=O)[O-])cc1)C1Cc2cc(Cl)ccc2O1. The maximum atomic E-state index is 12.2. The molecule has 3 rings (SSSR count). The summed E-state index contributed by atoms with van der Waals surface area (Å²) in [7, 11) is 0. The van der Waals surface area contributed by atoms with E-state index in [1.54, 1.807) is 18.2 Å². The molecular weight excluding hydrogens is 308 g/mol. The molecule has 0 saturated heterocycles. The van der Waals surface area contributed by atoms with Crippen LogP contribution in [-0.2, 0) is 11.2 Å². The minimum absolute atomic E-state index is 0.0304. The van der Waals surface area contributed by atoms with Crippen molar-refractivity contribution in [3.63, 3.8) is 0 Å². The Bertz CT molecular complexity index is 746. The molecule has 0 spiro atoms. The van der Waals surface area contributed by atoms with Crippen molar-refractivity contribution < 1.29 is 14.5 Å². The van der Waals surface area contributed by atoms with Gasteiger partial charge in [0.1, 0.15) is 5.75 Å². The second kappa shape index (κ2) is 5.65. The molecule has 1 atom stereocenters. The summed E-state index contributed by atoms with van der Waals surface area (Å²) in [6.07, 6.45) is -0.196. The van der Waals surface area contributed by atoms with Crippen molar-refractivity contribution in [1.29, 1.82) is 0 Å². The molecule has 1 unspecified atom stereocenters. The van der Waals surface area contributed by atoms with Crippen molar-refractivity contribution in [2.45, 2.75) is 12.5 Å². The molecule has 22 heavy (non-hydrogen) atoms. The van der Waals surface area contributed by atoms with E-state index in [-0.39, 0.29) is 11.6 Å². The standard InChI is InChI=1S/C15H11ClN2O4/c16-10-1-6-13-9(7-10)8-14(22-13)15(19)17-11-2-4-12(5-3-11)18(20)21/h1-7,14H,8H2,(H,17,19). The smallest absolute Gasteiger partial charge is 0.269 e. The third kappa shape index (κ3) is 2.87. The minimum Gasteiger partial charge on any atom is -0.480 e. The van der Waals surface area contributed by atoms with Gasteiger partial charge in [0, 0.05) is 29.3 Å². The van der Waals surface area contributed by atoms with E-state index in [0.29, 0.717) is 22.9 Å². The number of nitrogens with zero attached hydrogens (tertiary/aromatic N) is 1. The van der Waals surface area contributed by atoms with Crippen LogP contribution >= 0.6 is 11.6 Å². The number of fused-ring (bicyclic) bond motifs is 1. The van der Waals surface area contributed by atoms with E-state index in [0.717, 1.165) is 5.56 Å². The Kier molecular flexibility index (Phi) is 3.68. The Morgan fingerprint density at radius 2 is 2.00 bits per heavy atom. The van der Waals surface area contributed by atoms with Gasteiger partial charge in [-0.1, -0.05) is 11.6 Å². The van der Waals surface area contributed by atoms with Crippen LogP contribution < -0.4 is 10.1 Å². The first kappa shape index (κ1) is 14.3. The summed E-state index contributed by atoms with van der Waals surface area (Å²) in [6.45, 7) is 0. The molecule has 0 saturated carbocycles. The molecule has 1 aliphatic rings. The molecule has 112 valence electrons. The predicted molar refractivity (Wildman–Crippen MR) is 81.3 cm³/mol. The molecule has 2 aromatic rings. The molecule has 6 nitrogen and oxygen atoms in total. The Morgan fingerprint density at radius 3 is 2.68 bits per heavy atom. The van der Waals surface area contributed by atoms with E-state index >= 15 is 0 Å². The number of hydrogen-bond donors (Lipinski definition) is 1. The van der Waals surface area contributed by atoms with Crippen molar-refractivity contribution in [3.8, 4) is 5.75 Å². The van der Waals surface area contributed by atoms with Crippen molar-refractivity contribution in [3.05, 3.63) is 63.2 Å². The van der Waals surface area contributed by atoms with Crippen molar-refractivity contribution in [2.24, 2.45) is 0 Å². The number of nitrogens with one attached hydrogen (secondary N) is 1. The van der Waals surface area contributed by atoms with E-state index < -0.39 is 11.0 Å². The summed E-state index contributed by atoms with van der Waals surface area (Å²) in [5, 5.41) is 13.9. The number of carbonyl (C=O) groups is 1. The van der Waals surface area contributed by atoms with Crippen LogP contribution in [0.25, 0.3) is 0 Å². The number of ether oxygens (including phenoxy) is 1. The number of amides is 1. The summed E-state index contributed by atoms with van der Waals surface area (Å²) >= 11 is 5.91. The van der Waals surface area contributed by atoms with Crippen LogP contribution in [0, 0.1) is 10.1 Å². The summed E-state index contributed by atoms with van der Waals surface area (Å²) in [5.74, 6) is 0.342. The minimum atomic E-state index is -0.636. The van der Waals surface area contributed by atoms with Gasteiger partial charge in [0.05, 0.1) is 4.92 Å². The second-order valence-electron chi connectivity index (χ2n) is 4.86. The topological polar surface area (TPSA) is 81.5 Å². The molecular formula is C15H11ClN2O4. The van der Waals surface area contributed by atoms with E-state index in [2.05, 4.69) is 5.32 Å². The second-order valence-corrected chi connectivity index (χ2v) is 5.29. The van der Waals surface area contributed by atoms with Crippen LogP contribution in [0.3, 0.4) is 0 Å². The molecule has 0 aliphatic carbocycles. The summed E-state index contributed by atoms with van der Waals surface area (Å²) in [4.78, 5) is 22.3. The first-order valence-corrected chi connectivity index (χ1v) is 6.91. The fourth-order valence-corrected chi connectivity index (χ4v) is 2.45. The maximum absolute atomic E-state index is 12.2. The van der Waals surface area contributed by atoms with Crippen LogP contribution in [0.2, 0.25) is 5.02 Å². The highest BCUT2D eigenvalue weighted by Gasteiger charge is 2.29. The molecule has 0 radical (unpaired) electrons. The molecule has 1 aliphatic heterocycles. The highest BCUT2D eigenvalue weighted by Crippen LogP contribution is 2.31. The van der Waals surface area contributed by atoms with Gasteiger partial charge in [-0.25, -0.2) is 0 Å². The van der Waals surface area contributed by atoms with Gasteiger partial charge in [-0.3, -0.25) is 14.9 Å². The number of nitro benzene ring substituents is 1. The zero-order chi connectivity index (χ0) is 15.7. The van der Waals surface area contributed by atoms with Gasteiger partial charge in [-0.05, 0) is 35.9 Å². The van der Waals surface area contributed by atoms with Crippen molar-refractivity contribution in [1.82, 2.24) is 0 Å². The molecule has 0 fully saturated rings. The van der Waals surface area contributed by atoms with Crippen molar-refractivity contribution >= 4 is 28.9 Å². The molecule has 0 aromatic heterocycles. The van der Waals surface area contributed by atoms with Gasteiger partial charge in [0.15, 0.2) is 6.10 Å². The lowest BCUT2D eigenvalue weighted by Gasteiger charge is -2.11. The van der Waals surface area contributed by atoms with Crippen LogP contribution in [0.15, 0.2) is 42.5 Å². The number of nitro groups is 1. The summed E-state index contributed by atoms with van der Waals surface area (Å²) < 4.78 is 5.58. The highest BCUT2D eigenvalue weighted by atomic mass is 35.5. The quantitative estimate of drug-likeness (QED) is 0.696. The van der Waals surface area contributed by atoms with Crippen molar-refractivity contribution in [2.75, 3.05) is 5.32 Å². The first-order valence-electron chi connectivity index (χ1n) is 6.53. The molecule has 1 N–H and O–H groups in total. The van der Waals surface area contributed by atoms with Gasteiger partial charge in [0.2, 0.25) is 0 Å². The normalized spacial score (nSPS) is 15.8. The summed E-state index contributed by atoms with van der Waals surface area (Å²) in [6, 6.07) is 10.8. The number of rotatable bonds is 3. The van der Waals surface area contributed by atoms with Gasteiger partial charge in [0.25, 0.3) is 11.6 Å². The number of anilines is 1. The number of benzene rings is 2. The molecule has 0 bridgehead atoms. The van der Waals surface area contributed by atoms with E-state index in [4.69, 9.17) is 16.3 Å². The van der Waals surface area contributed by atoms with Gasteiger partial charge >= 0.3 is 0 Å². The lowest BCUT2D eigenvalue weighted by atomic mass is 10.1. The Hall–Kier alpha value is -2.60. The highest BCUT2D eigenvalue weighted by molar-refractivity contribution is 6.30. The fourth-order valence-electron chi connectivity index (χ4n) is 2.25. The van der Waals surface area contributed by atoms with Gasteiger partial charge in [-0.15, -0.1) is 0 Å². The van der Waals surface area contributed by atoms with Crippen LogP contribution in [0.5, 0.6) is 5.75 Å². The molecule has 2 aromatic carbocycles. The summed E-state index contributed by atoms with van der Waals surface area (Å²) in [5.41, 5.74) is 1.33. The van der Waals surface area contributed by atoms with E-state index in [1.807, 2.05) is 0 Å². The third-order valence-electron chi connectivity index (χ3n) is 3.34. The molecule has 1 heterocycles. The third-order valence-corrected chi connectivity index (χ3v) is 3.57. The average Bonchev–Trinajstić information content (AvgIpc) is 2.91. The monoisotopic (exact) mass is 318 g/mol. The zero-order valence-corrected chi connectivity index (χ0v) is 12.0. The Labute approximate surface area is 130 Å². The zero-order valence-electron chi connectivity index (χ0n) is 11.3. The average molecular weight is 319 g/mol. The molecule has 7 heteroatoms. The first-order chi connectivity index (χ1) is 10.5. The lowest BCUT2D eigenvalue weighted by Crippen LogP contribution is -2.31. The Balaban J connectivity index is 1.67. The predicted octanol–water partition coefficient (Wildman–Crippen LogP) is 3.19. The van der Waals surface area contributed by atoms with E-state index in [9.17, 15) is 14.9 Å². The van der Waals surface area contributed by atoms with Gasteiger partial charge in [-0.2, -0.15) is 0 Å². The van der Waals surface area contributed by atoms with Crippen LogP contribution in [0.1, 0.15) is 5.56 Å². The maximum Gasteiger partial charge on any atom is 0.269 e. The van der Waals surface area contributed by atoms with Gasteiger partial charge < -0.3 is 10.1 Å².